The van der Waals surface area contributed by atoms with E-state index >= 15 is 4.39 Å². The Labute approximate surface area is 140 Å². The van der Waals surface area contributed by atoms with Crippen LogP contribution < -0.4 is 0 Å². The van der Waals surface area contributed by atoms with Gasteiger partial charge in [0.15, 0.2) is 11.5 Å². The van der Waals surface area contributed by atoms with Gasteiger partial charge < -0.3 is 9.84 Å². The predicted molar refractivity (Wildman–Crippen MR) is 84.7 cm³/mol. The van der Waals surface area contributed by atoms with Crippen molar-refractivity contribution in [3.05, 3.63) is 23.8 Å². The van der Waals surface area contributed by atoms with E-state index in [1.807, 2.05) is 6.92 Å². The molecule has 1 N–H and O–H groups in total. The Morgan fingerprint density at radius 2 is 1.92 bits per heavy atom. The van der Waals surface area contributed by atoms with Crippen LogP contribution in [-0.4, -0.2) is 34.2 Å². The summed E-state index contributed by atoms with van der Waals surface area (Å²) in [4.78, 5) is 23.5. The molecule has 1 aliphatic heterocycles. The monoisotopic (exact) mass is 334 g/mol. The number of carbonyl (C=O) groups is 2. The number of aliphatic hydroxyl groups excluding tert-OH is 1. The number of esters is 1. The van der Waals surface area contributed by atoms with Crippen molar-refractivity contribution in [2.75, 3.05) is 0 Å². The molecular formula is C19H23FO4. The number of carbonyl (C=O) groups excluding carboxylic acids is 2. The van der Waals surface area contributed by atoms with Crippen molar-refractivity contribution < 1.29 is 23.8 Å². The molecule has 3 aliphatic carbocycles. The maximum atomic E-state index is 16.5. The van der Waals surface area contributed by atoms with Gasteiger partial charge in [0.05, 0.1) is 6.10 Å². The highest BCUT2D eigenvalue weighted by molar-refractivity contribution is 6.01. The second kappa shape index (κ2) is 4.78. The summed E-state index contributed by atoms with van der Waals surface area (Å²) in [7, 11) is 0. The van der Waals surface area contributed by atoms with Crippen LogP contribution in [0.1, 0.15) is 46.0 Å². The van der Waals surface area contributed by atoms with Crippen LogP contribution in [0.5, 0.6) is 0 Å². The summed E-state index contributed by atoms with van der Waals surface area (Å²) in [6.45, 7) is 3.61. The lowest BCUT2D eigenvalue weighted by atomic mass is 9.46. The van der Waals surface area contributed by atoms with Crippen molar-refractivity contribution >= 4 is 11.8 Å². The summed E-state index contributed by atoms with van der Waals surface area (Å²) in [5.74, 6) is -0.878. The molecule has 0 radical (unpaired) electrons. The van der Waals surface area contributed by atoms with Crippen molar-refractivity contribution in [3.8, 4) is 0 Å². The molecule has 24 heavy (non-hydrogen) atoms. The maximum Gasteiger partial charge on any atom is 0.306 e. The lowest BCUT2D eigenvalue weighted by Gasteiger charge is -2.62. The van der Waals surface area contributed by atoms with E-state index in [0.29, 0.717) is 25.7 Å². The van der Waals surface area contributed by atoms with E-state index in [2.05, 4.69) is 0 Å². The van der Waals surface area contributed by atoms with Crippen LogP contribution in [0.25, 0.3) is 0 Å². The Morgan fingerprint density at radius 3 is 2.67 bits per heavy atom. The van der Waals surface area contributed by atoms with E-state index < -0.39 is 22.8 Å². The van der Waals surface area contributed by atoms with Crippen LogP contribution in [-0.2, 0) is 14.3 Å². The normalized spacial score (nSPS) is 50.3. The molecule has 0 spiro atoms. The number of allylic oxidation sites excluding steroid dienone is 4. The molecule has 1 saturated heterocycles. The van der Waals surface area contributed by atoms with Gasteiger partial charge >= 0.3 is 5.97 Å². The number of ether oxygens (including phenoxy) is 1. The van der Waals surface area contributed by atoms with Gasteiger partial charge in [-0.2, -0.15) is 0 Å². The molecule has 6 unspecified atom stereocenters. The molecule has 0 aromatic rings. The molecule has 1 heterocycles. The van der Waals surface area contributed by atoms with Gasteiger partial charge in [-0.1, -0.05) is 11.6 Å². The zero-order valence-electron chi connectivity index (χ0n) is 14.0. The Bertz CT molecular complexity index is 683. The first-order valence-electron chi connectivity index (χ1n) is 8.74. The highest BCUT2D eigenvalue weighted by Gasteiger charge is 2.69. The van der Waals surface area contributed by atoms with Gasteiger partial charge in [-0.05, 0) is 45.3 Å². The summed E-state index contributed by atoms with van der Waals surface area (Å²) in [6.07, 6.45) is 5.53. The molecular weight excluding hydrogens is 311 g/mol. The summed E-state index contributed by atoms with van der Waals surface area (Å²) in [5.41, 5.74) is -2.86. The van der Waals surface area contributed by atoms with Gasteiger partial charge in [-0.15, -0.1) is 0 Å². The Kier molecular flexibility index (Phi) is 3.19. The Hall–Kier alpha value is -1.49. The van der Waals surface area contributed by atoms with Gasteiger partial charge in [0.25, 0.3) is 0 Å². The third kappa shape index (κ3) is 1.82. The van der Waals surface area contributed by atoms with Gasteiger partial charge in [-0.3, -0.25) is 9.59 Å². The quantitative estimate of drug-likeness (QED) is 0.692. The Morgan fingerprint density at radius 1 is 1.21 bits per heavy atom. The average Bonchev–Trinajstić information content (AvgIpc) is 2.49. The summed E-state index contributed by atoms with van der Waals surface area (Å²) in [5, 5.41) is 10.8. The Balaban J connectivity index is 1.81. The molecule has 3 fully saturated rings. The first-order valence-corrected chi connectivity index (χ1v) is 8.74. The minimum atomic E-state index is -1.85. The van der Waals surface area contributed by atoms with Gasteiger partial charge in [0, 0.05) is 30.1 Å². The number of halogens is 1. The first-order chi connectivity index (χ1) is 11.2. The van der Waals surface area contributed by atoms with E-state index in [0.717, 1.165) is 5.57 Å². The minimum absolute atomic E-state index is 0.0983. The SMILES string of the molecule is CC12CC(O)C3(F)C(CCC4=CC(=O)C=CC43C)C1CCC(=O)O2. The van der Waals surface area contributed by atoms with E-state index in [9.17, 15) is 14.7 Å². The summed E-state index contributed by atoms with van der Waals surface area (Å²) >= 11 is 0. The number of alkyl halides is 1. The van der Waals surface area contributed by atoms with Gasteiger partial charge in [-0.25, -0.2) is 4.39 Å². The molecule has 0 aromatic heterocycles. The standard InChI is InChI=1S/C19H23FO4/c1-17-8-7-12(21)9-11(17)3-4-14-13-5-6-16(23)24-18(13,2)10-15(22)19(14,17)20/h7-9,13-15,22H,3-6,10H2,1-2H3. The number of rotatable bonds is 0. The molecule has 0 aromatic carbocycles. The van der Waals surface area contributed by atoms with Crippen LogP contribution in [0.2, 0.25) is 0 Å². The second-order valence-corrected chi connectivity index (χ2v) is 8.17. The van der Waals surface area contributed by atoms with Crippen LogP contribution >= 0.6 is 0 Å². The van der Waals surface area contributed by atoms with Crippen LogP contribution in [0.4, 0.5) is 4.39 Å². The van der Waals surface area contributed by atoms with Crippen molar-refractivity contribution in [1.29, 1.82) is 0 Å². The second-order valence-electron chi connectivity index (χ2n) is 8.17. The number of ketones is 1. The van der Waals surface area contributed by atoms with Crippen LogP contribution in [0.3, 0.4) is 0 Å². The fraction of sp³-hybridized carbons (Fsp3) is 0.684. The molecule has 0 bridgehead atoms. The fourth-order valence-corrected chi connectivity index (χ4v) is 5.74. The first kappa shape index (κ1) is 16.0. The molecule has 2 saturated carbocycles. The van der Waals surface area contributed by atoms with Crippen molar-refractivity contribution in [3.63, 3.8) is 0 Å². The minimum Gasteiger partial charge on any atom is -0.459 e. The zero-order chi connectivity index (χ0) is 17.3. The van der Waals surface area contributed by atoms with E-state index in [-0.39, 0.29) is 30.0 Å². The predicted octanol–water partition coefficient (Wildman–Crippen LogP) is 2.65. The molecule has 0 amide bonds. The molecule has 6 atom stereocenters. The molecule has 130 valence electrons. The van der Waals surface area contributed by atoms with E-state index in [4.69, 9.17) is 4.74 Å². The number of hydrogen-bond donors (Lipinski definition) is 1. The van der Waals surface area contributed by atoms with Crippen molar-refractivity contribution in [2.24, 2.45) is 17.3 Å². The number of hydrogen-bond acceptors (Lipinski definition) is 4. The lowest BCUT2D eigenvalue weighted by Crippen LogP contribution is -2.69. The van der Waals surface area contributed by atoms with Crippen LogP contribution in [0, 0.1) is 17.3 Å². The maximum absolute atomic E-state index is 16.5. The van der Waals surface area contributed by atoms with Crippen molar-refractivity contribution in [1.82, 2.24) is 0 Å². The largest absolute Gasteiger partial charge is 0.459 e. The zero-order valence-corrected chi connectivity index (χ0v) is 14.0. The highest BCUT2D eigenvalue weighted by atomic mass is 19.1. The molecule has 4 rings (SSSR count). The molecule has 4 nitrogen and oxygen atoms in total. The molecule has 5 heteroatoms. The third-order valence-electron chi connectivity index (χ3n) is 6.98. The fourth-order valence-electron chi connectivity index (χ4n) is 5.74. The van der Waals surface area contributed by atoms with Crippen LogP contribution in [0.15, 0.2) is 23.8 Å². The smallest absolute Gasteiger partial charge is 0.306 e. The highest BCUT2D eigenvalue weighted by Crippen LogP contribution is 2.64. The topological polar surface area (TPSA) is 63.6 Å². The van der Waals surface area contributed by atoms with Gasteiger partial charge in [0.2, 0.25) is 0 Å². The molecule has 4 aliphatic rings. The van der Waals surface area contributed by atoms with E-state index in [1.165, 1.54) is 12.2 Å². The average molecular weight is 334 g/mol. The van der Waals surface area contributed by atoms with Gasteiger partial charge in [0.1, 0.15) is 5.60 Å². The number of fused-ring (bicyclic) bond motifs is 5. The van der Waals surface area contributed by atoms with Crippen molar-refractivity contribution in [2.45, 2.75) is 63.3 Å². The lowest BCUT2D eigenvalue weighted by molar-refractivity contribution is -0.241. The number of aliphatic hydroxyl groups is 1. The third-order valence-corrected chi connectivity index (χ3v) is 6.98. The summed E-state index contributed by atoms with van der Waals surface area (Å²) in [6, 6.07) is 0. The van der Waals surface area contributed by atoms with E-state index in [1.54, 1.807) is 13.0 Å². The summed E-state index contributed by atoms with van der Waals surface area (Å²) < 4.78 is 22.1.